The summed E-state index contributed by atoms with van der Waals surface area (Å²) in [6, 6.07) is 4.18. The molecule has 0 aromatic carbocycles. The van der Waals surface area contributed by atoms with Crippen LogP contribution < -0.4 is 0 Å². The van der Waals surface area contributed by atoms with E-state index in [4.69, 9.17) is 0 Å². The molecule has 5 rings (SSSR count). The molecule has 3 heteroatoms. The molecule has 0 saturated heterocycles. The summed E-state index contributed by atoms with van der Waals surface area (Å²) in [4.78, 5) is 18.2. The second-order valence-electron chi connectivity index (χ2n) is 16.0. The van der Waals surface area contributed by atoms with Crippen molar-refractivity contribution >= 4 is 5.78 Å². The molecular weight excluding hydrogens is 478 g/mol. The van der Waals surface area contributed by atoms with Crippen LogP contribution in [0, 0.1) is 51.2 Å². The van der Waals surface area contributed by atoms with Crippen molar-refractivity contribution in [2.45, 2.75) is 125 Å². The van der Waals surface area contributed by atoms with E-state index in [0.29, 0.717) is 29.5 Å². The number of allylic oxidation sites excluding steroid dienone is 2. The Balaban J connectivity index is 1.44. The van der Waals surface area contributed by atoms with Crippen molar-refractivity contribution in [3.8, 4) is 0 Å². The SMILES string of the molecule is CC(C)=CCC[C@](C)(O)[C@H]1CC[C@]2(C)[C@@H]1CC[C@@H]1[C@@]3(C)CC(Cc4ccncc4)C(=O)C(C)(C)[C@@H]3CC[C@]12C. The Hall–Kier alpha value is -1.48. The Labute approximate surface area is 238 Å². The first-order valence-electron chi connectivity index (χ1n) is 16.0. The number of aromatic nitrogens is 1. The summed E-state index contributed by atoms with van der Waals surface area (Å²) in [6.07, 6.45) is 17.0. The van der Waals surface area contributed by atoms with E-state index in [1.54, 1.807) is 0 Å². The summed E-state index contributed by atoms with van der Waals surface area (Å²) in [6.45, 7) is 18.8. The Morgan fingerprint density at radius 3 is 2.33 bits per heavy atom. The van der Waals surface area contributed by atoms with E-state index in [0.717, 1.165) is 38.5 Å². The molecule has 0 aliphatic heterocycles. The van der Waals surface area contributed by atoms with Crippen molar-refractivity contribution in [1.29, 1.82) is 0 Å². The van der Waals surface area contributed by atoms with Crippen LogP contribution in [0.2, 0.25) is 0 Å². The summed E-state index contributed by atoms with van der Waals surface area (Å²) < 4.78 is 0. The molecule has 1 aromatic heterocycles. The first-order valence-corrected chi connectivity index (χ1v) is 16.0. The van der Waals surface area contributed by atoms with Crippen LogP contribution in [0.25, 0.3) is 0 Å². The zero-order valence-electron chi connectivity index (χ0n) is 26.1. The molecule has 0 amide bonds. The highest BCUT2D eigenvalue weighted by molar-refractivity contribution is 5.88. The fourth-order valence-electron chi connectivity index (χ4n) is 11.5. The summed E-state index contributed by atoms with van der Waals surface area (Å²) in [5.41, 5.74) is 2.37. The van der Waals surface area contributed by atoms with Gasteiger partial charge in [0.25, 0.3) is 0 Å². The number of fused-ring (bicyclic) bond motifs is 5. The lowest BCUT2D eigenvalue weighted by atomic mass is 9.34. The maximum absolute atomic E-state index is 14.0. The summed E-state index contributed by atoms with van der Waals surface area (Å²) in [5, 5.41) is 11.8. The molecule has 4 fully saturated rings. The number of aliphatic hydroxyl groups is 1. The third-order valence-electron chi connectivity index (χ3n) is 13.5. The standard InChI is InChI=1S/C36H55NO2/c1-24(2)10-9-17-36(8,39)28-13-18-34(6)27(28)11-12-30-33(5)23-26(22-25-15-20-37-21-16-25)31(38)32(3,4)29(33)14-19-35(30,34)7/h10,15-16,20-21,26-30,39H,9,11-14,17-19,22-23H2,1-8H3/t26?,27-,28+,29+,30-,33+,34-,35-,36+/m1/s1. The van der Waals surface area contributed by atoms with E-state index in [9.17, 15) is 9.90 Å². The van der Waals surface area contributed by atoms with Gasteiger partial charge in [0.15, 0.2) is 0 Å². The van der Waals surface area contributed by atoms with E-state index in [1.807, 2.05) is 12.4 Å². The fraction of sp³-hybridized carbons (Fsp3) is 0.778. The van der Waals surface area contributed by atoms with Gasteiger partial charge in [0.05, 0.1) is 5.60 Å². The van der Waals surface area contributed by atoms with Crippen LogP contribution in [0.15, 0.2) is 36.2 Å². The number of ketones is 1. The zero-order valence-corrected chi connectivity index (χ0v) is 26.1. The molecule has 0 radical (unpaired) electrons. The number of rotatable bonds is 6. The van der Waals surface area contributed by atoms with Crippen LogP contribution in [-0.2, 0) is 11.2 Å². The monoisotopic (exact) mass is 533 g/mol. The van der Waals surface area contributed by atoms with Crippen molar-refractivity contribution in [1.82, 2.24) is 4.98 Å². The van der Waals surface area contributed by atoms with Gasteiger partial charge in [-0.1, -0.05) is 46.3 Å². The molecule has 216 valence electrons. The van der Waals surface area contributed by atoms with Gasteiger partial charge in [-0.05, 0) is 143 Å². The van der Waals surface area contributed by atoms with Gasteiger partial charge < -0.3 is 5.11 Å². The highest BCUT2D eigenvalue weighted by atomic mass is 16.3. The molecule has 4 aliphatic rings. The van der Waals surface area contributed by atoms with Gasteiger partial charge in [0.2, 0.25) is 0 Å². The molecule has 1 unspecified atom stereocenters. The lowest BCUT2D eigenvalue weighted by Gasteiger charge is -2.69. The quantitative estimate of drug-likeness (QED) is 0.372. The highest BCUT2D eigenvalue weighted by Crippen LogP contribution is 2.76. The first-order chi connectivity index (χ1) is 18.2. The van der Waals surface area contributed by atoms with Crippen molar-refractivity contribution in [3.05, 3.63) is 41.7 Å². The van der Waals surface area contributed by atoms with Gasteiger partial charge in [0, 0.05) is 23.7 Å². The molecule has 0 bridgehead atoms. The van der Waals surface area contributed by atoms with E-state index >= 15 is 0 Å². The van der Waals surface area contributed by atoms with Crippen LogP contribution in [0.5, 0.6) is 0 Å². The van der Waals surface area contributed by atoms with Crippen molar-refractivity contribution in [2.24, 2.45) is 51.2 Å². The van der Waals surface area contributed by atoms with Crippen LogP contribution in [0.3, 0.4) is 0 Å². The average Bonchev–Trinajstić information content (AvgIpc) is 3.22. The minimum absolute atomic E-state index is 0.0867. The number of pyridine rings is 1. The largest absolute Gasteiger partial charge is 0.390 e. The lowest BCUT2D eigenvalue weighted by molar-refractivity contribution is -0.213. The second-order valence-corrected chi connectivity index (χ2v) is 16.0. The van der Waals surface area contributed by atoms with E-state index in [2.05, 4.69) is 78.6 Å². The van der Waals surface area contributed by atoms with Crippen LogP contribution in [0.4, 0.5) is 0 Å². The number of hydrogen-bond donors (Lipinski definition) is 1. The zero-order chi connectivity index (χ0) is 28.4. The predicted octanol–water partition coefficient (Wildman–Crippen LogP) is 8.60. The maximum Gasteiger partial charge on any atom is 0.142 e. The van der Waals surface area contributed by atoms with Gasteiger partial charge in [-0.3, -0.25) is 9.78 Å². The van der Waals surface area contributed by atoms with Crippen molar-refractivity contribution < 1.29 is 9.90 Å². The fourth-order valence-corrected chi connectivity index (χ4v) is 11.5. The smallest absolute Gasteiger partial charge is 0.142 e. The maximum atomic E-state index is 14.0. The highest BCUT2D eigenvalue weighted by Gasteiger charge is 2.70. The topological polar surface area (TPSA) is 50.2 Å². The minimum Gasteiger partial charge on any atom is -0.390 e. The third-order valence-corrected chi connectivity index (χ3v) is 13.5. The number of Topliss-reactive ketones (excluding diaryl/α,β-unsaturated/α-hetero) is 1. The molecule has 0 spiro atoms. The molecule has 4 saturated carbocycles. The summed E-state index contributed by atoms with van der Waals surface area (Å²) >= 11 is 0. The van der Waals surface area contributed by atoms with Gasteiger partial charge in [-0.2, -0.15) is 0 Å². The second kappa shape index (κ2) is 9.81. The normalized spacial score (nSPS) is 42.6. The van der Waals surface area contributed by atoms with E-state index in [1.165, 1.54) is 36.8 Å². The predicted molar refractivity (Wildman–Crippen MR) is 160 cm³/mol. The number of carbonyl (C=O) groups excluding carboxylic acids is 1. The van der Waals surface area contributed by atoms with Crippen molar-refractivity contribution in [2.75, 3.05) is 0 Å². The summed E-state index contributed by atoms with van der Waals surface area (Å²) in [7, 11) is 0. The Morgan fingerprint density at radius 1 is 1.00 bits per heavy atom. The van der Waals surface area contributed by atoms with Gasteiger partial charge in [0.1, 0.15) is 5.78 Å². The lowest BCUT2D eigenvalue weighted by Crippen LogP contribution is -2.65. The van der Waals surface area contributed by atoms with Gasteiger partial charge >= 0.3 is 0 Å². The number of nitrogens with zero attached hydrogens (tertiary/aromatic N) is 1. The molecule has 39 heavy (non-hydrogen) atoms. The van der Waals surface area contributed by atoms with Gasteiger partial charge in [-0.25, -0.2) is 0 Å². The van der Waals surface area contributed by atoms with E-state index < -0.39 is 5.60 Å². The van der Waals surface area contributed by atoms with E-state index in [-0.39, 0.29) is 27.6 Å². The minimum atomic E-state index is -0.604. The first kappa shape index (κ1) is 29.0. The van der Waals surface area contributed by atoms with Crippen molar-refractivity contribution in [3.63, 3.8) is 0 Å². The molecule has 1 N–H and O–H groups in total. The molecule has 9 atom stereocenters. The average molecular weight is 534 g/mol. The Kier molecular flexibility index (Phi) is 7.30. The molecular formula is C36H55NO2. The molecule has 4 aliphatic carbocycles. The van der Waals surface area contributed by atoms with Crippen LogP contribution >= 0.6 is 0 Å². The number of hydrogen-bond acceptors (Lipinski definition) is 3. The van der Waals surface area contributed by atoms with Crippen LogP contribution in [0.1, 0.15) is 119 Å². The summed E-state index contributed by atoms with van der Waals surface area (Å²) in [5.74, 6) is 2.63. The Morgan fingerprint density at radius 2 is 1.67 bits per heavy atom. The molecule has 1 aromatic rings. The van der Waals surface area contributed by atoms with Gasteiger partial charge in [-0.15, -0.1) is 0 Å². The molecule has 1 heterocycles. The Bertz CT molecular complexity index is 1100. The third kappa shape index (κ3) is 4.48. The van der Waals surface area contributed by atoms with Crippen LogP contribution in [-0.4, -0.2) is 21.5 Å². The number of carbonyl (C=O) groups is 1. The molecule has 3 nitrogen and oxygen atoms in total.